The second-order valence-electron chi connectivity index (χ2n) is 6.60. The van der Waals surface area contributed by atoms with Gasteiger partial charge in [0.25, 0.3) is 0 Å². The highest BCUT2D eigenvalue weighted by Gasteiger charge is 2.10. The third-order valence-corrected chi connectivity index (χ3v) is 3.49. The van der Waals surface area contributed by atoms with Crippen molar-refractivity contribution < 1.29 is 4.74 Å². The fraction of sp³-hybridized carbons (Fsp3) is 0.647. The fourth-order valence-corrected chi connectivity index (χ4v) is 2.43. The van der Waals surface area contributed by atoms with Gasteiger partial charge in [-0.05, 0) is 70.3 Å². The molecule has 1 aliphatic heterocycles. The van der Waals surface area contributed by atoms with Gasteiger partial charge in [0.15, 0.2) is 0 Å². The van der Waals surface area contributed by atoms with E-state index in [1.54, 1.807) is 0 Å². The molecule has 0 unspecified atom stereocenters. The molecule has 0 radical (unpaired) electrons. The van der Waals surface area contributed by atoms with E-state index in [4.69, 9.17) is 4.74 Å². The molecule has 1 aromatic carbocycles. The number of rotatable bonds is 6. The van der Waals surface area contributed by atoms with Gasteiger partial charge in [0.05, 0.1) is 6.61 Å². The lowest BCUT2D eigenvalue weighted by molar-refractivity contribution is 0.288. The Hall–Kier alpha value is -1.06. The Morgan fingerprint density at radius 1 is 1.20 bits per heavy atom. The number of aryl methyl sites for hydroxylation is 1. The Balaban J connectivity index is 1.67. The molecule has 1 aliphatic rings. The van der Waals surface area contributed by atoms with Crippen molar-refractivity contribution in [3.63, 3.8) is 0 Å². The van der Waals surface area contributed by atoms with Crippen molar-refractivity contribution in [1.29, 1.82) is 0 Å². The van der Waals surface area contributed by atoms with E-state index in [-0.39, 0.29) is 5.54 Å². The molecule has 1 heterocycles. The van der Waals surface area contributed by atoms with Gasteiger partial charge in [-0.1, -0.05) is 12.1 Å². The monoisotopic (exact) mass is 276 g/mol. The lowest BCUT2D eigenvalue weighted by atomic mass is 10.0. The van der Waals surface area contributed by atoms with E-state index >= 15 is 0 Å². The number of fused-ring (bicyclic) bond motifs is 1. The van der Waals surface area contributed by atoms with Gasteiger partial charge in [0, 0.05) is 12.1 Å². The Morgan fingerprint density at radius 3 is 2.85 bits per heavy atom. The van der Waals surface area contributed by atoms with Gasteiger partial charge < -0.3 is 15.4 Å². The maximum Gasteiger partial charge on any atom is 0.122 e. The summed E-state index contributed by atoms with van der Waals surface area (Å²) in [7, 11) is 0. The maximum absolute atomic E-state index is 5.64. The second kappa shape index (κ2) is 7.09. The molecule has 0 fully saturated rings. The first-order valence-electron chi connectivity index (χ1n) is 7.75. The Morgan fingerprint density at radius 2 is 2.05 bits per heavy atom. The third-order valence-electron chi connectivity index (χ3n) is 3.49. The Kier molecular flexibility index (Phi) is 5.44. The summed E-state index contributed by atoms with van der Waals surface area (Å²) in [5, 5.41) is 7.02. The zero-order chi connectivity index (χ0) is 14.4. The first-order valence-corrected chi connectivity index (χ1v) is 7.75. The normalized spacial score (nSPS) is 14.8. The number of hydrogen-bond acceptors (Lipinski definition) is 3. The lowest BCUT2D eigenvalue weighted by Gasteiger charge is -2.20. The standard InChI is InChI=1S/C17H28N2O/c1-17(2,3)19-10-5-9-18-13-14-7-8-16-15(12-14)6-4-11-20-16/h7-8,12,18-19H,4-6,9-11,13H2,1-3H3. The van der Waals surface area contributed by atoms with Gasteiger partial charge in [-0.15, -0.1) is 0 Å². The number of ether oxygens (including phenoxy) is 1. The van der Waals surface area contributed by atoms with E-state index < -0.39 is 0 Å². The Labute approximate surface area is 123 Å². The van der Waals surface area contributed by atoms with Crippen LogP contribution in [-0.2, 0) is 13.0 Å². The summed E-state index contributed by atoms with van der Waals surface area (Å²) in [6.07, 6.45) is 3.45. The van der Waals surface area contributed by atoms with Gasteiger partial charge in [-0.3, -0.25) is 0 Å². The fourth-order valence-electron chi connectivity index (χ4n) is 2.43. The van der Waals surface area contributed by atoms with Gasteiger partial charge in [0.1, 0.15) is 5.75 Å². The van der Waals surface area contributed by atoms with Crippen molar-refractivity contribution in [1.82, 2.24) is 10.6 Å². The highest BCUT2D eigenvalue weighted by molar-refractivity contribution is 5.38. The van der Waals surface area contributed by atoms with Crippen molar-refractivity contribution >= 4 is 0 Å². The molecule has 1 aromatic rings. The molecule has 0 spiro atoms. The minimum atomic E-state index is 0.221. The molecule has 0 amide bonds. The van der Waals surface area contributed by atoms with Gasteiger partial charge in [-0.2, -0.15) is 0 Å². The summed E-state index contributed by atoms with van der Waals surface area (Å²) in [5.41, 5.74) is 2.95. The first kappa shape index (κ1) is 15.3. The SMILES string of the molecule is CC(C)(C)NCCCNCc1ccc2c(c1)CCCO2. The maximum atomic E-state index is 5.64. The second-order valence-corrected chi connectivity index (χ2v) is 6.60. The van der Waals surface area contributed by atoms with E-state index in [0.717, 1.165) is 51.3 Å². The highest BCUT2D eigenvalue weighted by atomic mass is 16.5. The summed E-state index contributed by atoms with van der Waals surface area (Å²) in [6, 6.07) is 6.58. The molecule has 0 aliphatic carbocycles. The van der Waals surface area contributed by atoms with Crippen molar-refractivity contribution in [2.24, 2.45) is 0 Å². The van der Waals surface area contributed by atoms with Gasteiger partial charge >= 0.3 is 0 Å². The minimum Gasteiger partial charge on any atom is -0.493 e. The van der Waals surface area contributed by atoms with Crippen molar-refractivity contribution in [3.8, 4) is 5.75 Å². The van der Waals surface area contributed by atoms with Crippen LogP contribution in [0.15, 0.2) is 18.2 Å². The van der Waals surface area contributed by atoms with Crippen LogP contribution < -0.4 is 15.4 Å². The zero-order valence-electron chi connectivity index (χ0n) is 13.1. The van der Waals surface area contributed by atoms with Crippen LogP contribution in [0, 0.1) is 0 Å². The number of benzene rings is 1. The van der Waals surface area contributed by atoms with Crippen LogP contribution in [0.4, 0.5) is 0 Å². The summed E-state index contributed by atoms with van der Waals surface area (Å²) >= 11 is 0. The average molecular weight is 276 g/mol. The molecular formula is C17H28N2O. The third kappa shape index (κ3) is 5.14. The molecule has 112 valence electrons. The van der Waals surface area contributed by atoms with Crippen LogP contribution in [0.2, 0.25) is 0 Å². The average Bonchev–Trinajstić information content (AvgIpc) is 2.41. The van der Waals surface area contributed by atoms with Crippen LogP contribution in [0.25, 0.3) is 0 Å². The molecule has 2 rings (SSSR count). The predicted octanol–water partition coefficient (Wildman–Crippen LogP) is 2.88. The zero-order valence-corrected chi connectivity index (χ0v) is 13.1. The van der Waals surface area contributed by atoms with Crippen LogP contribution >= 0.6 is 0 Å². The molecule has 0 atom stereocenters. The van der Waals surface area contributed by atoms with Crippen LogP contribution in [0.1, 0.15) is 44.7 Å². The number of hydrogen-bond donors (Lipinski definition) is 2. The molecule has 2 N–H and O–H groups in total. The van der Waals surface area contributed by atoms with E-state index in [0.29, 0.717) is 0 Å². The molecule has 0 saturated heterocycles. The van der Waals surface area contributed by atoms with Crippen LogP contribution in [0.5, 0.6) is 5.75 Å². The largest absolute Gasteiger partial charge is 0.493 e. The van der Waals surface area contributed by atoms with Crippen LogP contribution in [-0.4, -0.2) is 25.2 Å². The predicted molar refractivity (Wildman–Crippen MR) is 84.3 cm³/mol. The van der Waals surface area contributed by atoms with E-state index in [9.17, 15) is 0 Å². The van der Waals surface area contributed by atoms with E-state index in [2.05, 4.69) is 49.6 Å². The minimum absolute atomic E-state index is 0.221. The van der Waals surface area contributed by atoms with Gasteiger partial charge in [0.2, 0.25) is 0 Å². The van der Waals surface area contributed by atoms with Gasteiger partial charge in [-0.25, -0.2) is 0 Å². The smallest absolute Gasteiger partial charge is 0.122 e. The highest BCUT2D eigenvalue weighted by Crippen LogP contribution is 2.25. The quantitative estimate of drug-likeness (QED) is 0.784. The number of nitrogens with one attached hydrogen (secondary N) is 2. The van der Waals surface area contributed by atoms with Crippen molar-refractivity contribution in [2.75, 3.05) is 19.7 Å². The summed E-state index contributed by atoms with van der Waals surface area (Å²) in [5.74, 6) is 1.08. The van der Waals surface area contributed by atoms with E-state index in [1.165, 1.54) is 11.1 Å². The van der Waals surface area contributed by atoms with Crippen molar-refractivity contribution in [2.45, 2.75) is 52.1 Å². The summed E-state index contributed by atoms with van der Waals surface area (Å²) in [6.45, 7) is 10.5. The van der Waals surface area contributed by atoms with Crippen LogP contribution in [0.3, 0.4) is 0 Å². The summed E-state index contributed by atoms with van der Waals surface area (Å²) in [4.78, 5) is 0. The molecule has 0 bridgehead atoms. The topological polar surface area (TPSA) is 33.3 Å². The molecule has 3 heteroatoms. The van der Waals surface area contributed by atoms with Crippen molar-refractivity contribution in [3.05, 3.63) is 29.3 Å². The lowest BCUT2D eigenvalue weighted by Crippen LogP contribution is -2.37. The first-order chi connectivity index (χ1) is 9.54. The molecule has 3 nitrogen and oxygen atoms in total. The molecular weight excluding hydrogens is 248 g/mol. The summed E-state index contributed by atoms with van der Waals surface area (Å²) < 4.78 is 5.64. The molecule has 0 aromatic heterocycles. The Bertz CT molecular complexity index is 423. The molecule has 0 saturated carbocycles. The van der Waals surface area contributed by atoms with E-state index in [1.807, 2.05) is 0 Å². The molecule has 20 heavy (non-hydrogen) atoms.